The zero-order valence-corrected chi connectivity index (χ0v) is 12.6. The molecule has 0 saturated carbocycles. The molecule has 0 unspecified atom stereocenters. The Morgan fingerprint density at radius 2 is 2.05 bits per heavy atom. The second kappa shape index (κ2) is 4.42. The number of carbonyl (C=O) groups is 2. The lowest BCUT2D eigenvalue weighted by Crippen LogP contribution is -2.48. The molecular formula is C14H15BrO4. The highest BCUT2D eigenvalue weighted by atomic mass is 79.9. The number of hydrogen-bond donors (Lipinski definition) is 1. The van der Waals surface area contributed by atoms with Crippen molar-refractivity contribution in [3.8, 4) is 0 Å². The van der Waals surface area contributed by atoms with Crippen molar-refractivity contribution in [1.82, 2.24) is 0 Å². The van der Waals surface area contributed by atoms with Gasteiger partial charge in [-0.3, -0.25) is 4.79 Å². The Kier molecular flexibility index (Phi) is 3.31. The summed E-state index contributed by atoms with van der Waals surface area (Å²) in [5.74, 6) is -1.49. The average molecular weight is 327 g/mol. The molecule has 1 aromatic carbocycles. The van der Waals surface area contributed by atoms with Gasteiger partial charge in [0.25, 0.3) is 0 Å². The lowest BCUT2D eigenvalue weighted by Gasteiger charge is -2.25. The van der Waals surface area contributed by atoms with Gasteiger partial charge in [0.2, 0.25) is 11.4 Å². The second-order valence-electron chi connectivity index (χ2n) is 5.67. The normalized spacial score (nSPS) is 22.3. The summed E-state index contributed by atoms with van der Waals surface area (Å²) in [7, 11) is 0. The quantitative estimate of drug-likeness (QED) is 0.635. The molecule has 0 heterocycles. The van der Waals surface area contributed by atoms with E-state index < -0.39 is 23.0 Å². The Labute approximate surface area is 119 Å². The van der Waals surface area contributed by atoms with Gasteiger partial charge in [-0.1, -0.05) is 22.0 Å². The van der Waals surface area contributed by atoms with Crippen LogP contribution >= 0.6 is 15.9 Å². The van der Waals surface area contributed by atoms with Crippen molar-refractivity contribution >= 4 is 27.7 Å². The van der Waals surface area contributed by atoms with E-state index in [0.29, 0.717) is 11.1 Å². The molecule has 0 saturated heterocycles. The molecule has 0 radical (unpaired) electrons. The molecule has 0 amide bonds. The highest BCUT2D eigenvalue weighted by molar-refractivity contribution is 9.10. The van der Waals surface area contributed by atoms with Crippen molar-refractivity contribution in [1.29, 1.82) is 0 Å². The van der Waals surface area contributed by atoms with Gasteiger partial charge in [-0.05, 0) is 38.5 Å². The standard InChI is InChI=1S/C14H15BrO4/c1-13(2,3)19-12(17)14(18)7-8-4-5-9(15)6-10(8)11(14)16/h4-6,18H,7H2,1-3H3/t14-/m0/s1. The van der Waals surface area contributed by atoms with Crippen LogP contribution in [0, 0.1) is 0 Å². The first-order chi connectivity index (χ1) is 8.63. The van der Waals surface area contributed by atoms with E-state index in [1.165, 1.54) is 0 Å². The maximum atomic E-state index is 12.2. The summed E-state index contributed by atoms with van der Waals surface area (Å²) in [4.78, 5) is 24.3. The molecule has 4 nitrogen and oxygen atoms in total. The number of rotatable bonds is 1. The first-order valence-corrected chi connectivity index (χ1v) is 6.72. The minimum atomic E-state index is -2.10. The van der Waals surface area contributed by atoms with Crippen molar-refractivity contribution in [3.63, 3.8) is 0 Å². The first kappa shape index (κ1) is 14.2. The van der Waals surface area contributed by atoms with Crippen LogP contribution in [-0.4, -0.2) is 28.1 Å². The van der Waals surface area contributed by atoms with Crippen LogP contribution in [0.25, 0.3) is 0 Å². The number of benzene rings is 1. The fourth-order valence-electron chi connectivity index (χ4n) is 2.02. The van der Waals surface area contributed by atoms with Gasteiger partial charge in [0.1, 0.15) is 5.60 Å². The summed E-state index contributed by atoms with van der Waals surface area (Å²) < 4.78 is 5.86. The van der Waals surface area contributed by atoms with Gasteiger partial charge in [0.15, 0.2) is 0 Å². The number of carbonyl (C=O) groups excluding carboxylic acids is 2. The highest BCUT2D eigenvalue weighted by Crippen LogP contribution is 2.33. The Hall–Kier alpha value is -1.20. The summed E-state index contributed by atoms with van der Waals surface area (Å²) in [6.45, 7) is 5.08. The van der Waals surface area contributed by atoms with E-state index in [-0.39, 0.29) is 6.42 Å². The maximum absolute atomic E-state index is 12.2. The SMILES string of the molecule is CC(C)(C)OC(=O)[C@]1(O)Cc2ccc(Br)cc2C1=O. The number of hydrogen-bond acceptors (Lipinski definition) is 4. The van der Waals surface area contributed by atoms with Crippen molar-refractivity contribution in [3.05, 3.63) is 33.8 Å². The third-order valence-electron chi connectivity index (χ3n) is 2.88. The maximum Gasteiger partial charge on any atom is 0.347 e. The number of halogens is 1. The van der Waals surface area contributed by atoms with Crippen LogP contribution in [0.1, 0.15) is 36.7 Å². The summed E-state index contributed by atoms with van der Waals surface area (Å²) in [5.41, 5.74) is -1.83. The topological polar surface area (TPSA) is 63.6 Å². The molecule has 0 bridgehead atoms. The van der Waals surface area contributed by atoms with Crippen LogP contribution in [0.2, 0.25) is 0 Å². The Balaban J connectivity index is 2.34. The number of Topliss-reactive ketones (excluding diaryl/α,β-unsaturated/α-hetero) is 1. The zero-order valence-electron chi connectivity index (χ0n) is 11.0. The van der Waals surface area contributed by atoms with Crippen molar-refractivity contribution in [2.75, 3.05) is 0 Å². The van der Waals surface area contributed by atoms with E-state index in [2.05, 4.69) is 15.9 Å². The van der Waals surface area contributed by atoms with Gasteiger partial charge in [-0.25, -0.2) is 4.79 Å². The minimum Gasteiger partial charge on any atom is -0.457 e. The second-order valence-corrected chi connectivity index (χ2v) is 6.59. The molecular weight excluding hydrogens is 312 g/mol. The van der Waals surface area contributed by atoms with Gasteiger partial charge < -0.3 is 9.84 Å². The Morgan fingerprint density at radius 3 is 2.63 bits per heavy atom. The van der Waals surface area contributed by atoms with Crippen LogP contribution in [0.5, 0.6) is 0 Å². The smallest absolute Gasteiger partial charge is 0.347 e. The molecule has 1 aliphatic rings. The number of ketones is 1. The van der Waals surface area contributed by atoms with E-state index in [0.717, 1.165) is 4.47 Å². The van der Waals surface area contributed by atoms with Gasteiger partial charge >= 0.3 is 5.97 Å². The van der Waals surface area contributed by atoms with Crippen LogP contribution in [0.4, 0.5) is 0 Å². The van der Waals surface area contributed by atoms with E-state index in [9.17, 15) is 14.7 Å². The van der Waals surface area contributed by atoms with E-state index in [1.54, 1.807) is 39.0 Å². The van der Waals surface area contributed by atoms with Crippen LogP contribution in [-0.2, 0) is 16.0 Å². The molecule has 0 aliphatic heterocycles. The fraction of sp³-hybridized carbons (Fsp3) is 0.429. The molecule has 0 fully saturated rings. The predicted molar refractivity (Wildman–Crippen MR) is 73.0 cm³/mol. The third kappa shape index (κ3) is 2.58. The summed E-state index contributed by atoms with van der Waals surface area (Å²) in [6.07, 6.45) is -0.0383. The van der Waals surface area contributed by atoms with E-state index in [4.69, 9.17) is 4.74 Å². The zero-order chi connectivity index (χ0) is 14.4. The van der Waals surface area contributed by atoms with Crippen molar-refractivity contribution in [2.24, 2.45) is 0 Å². The van der Waals surface area contributed by atoms with Crippen LogP contribution in [0.3, 0.4) is 0 Å². The lowest BCUT2D eigenvalue weighted by molar-refractivity contribution is -0.171. The molecule has 1 atom stereocenters. The summed E-state index contributed by atoms with van der Waals surface area (Å²) in [6, 6.07) is 5.10. The van der Waals surface area contributed by atoms with Crippen molar-refractivity contribution in [2.45, 2.75) is 38.4 Å². The van der Waals surface area contributed by atoms with E-state index >= 15 is 0 Å². The molecule has 102 valence electrons. The minimum absolute atomic E-state index is 0.0383. The molecule has 0 aromatic heterocycles. The monoisotopic (exact) mass is 326 g/mol. The molecule has 1 aromatic rings. The van der Waals surface area contributed by atoms with Gasteiger partial charge in [-0.15, -0.1) is 0 Å². The molecule has 19 heavy (non-hydrogen) atoms. The molecule has 2 rings (SSSR count). The number of esters is 1. The third-order valence-corrected chi connectivity index (χ3v) is 3.37. The molecule has 1 aliphatic carbocycles. The van der Waals surface area contributed by atoms with E-state index in [1.807, 2.05) is 0 Å². The summed E-state index contributed by atoms with van der Waals surface area (Å²) >= 11 is 3.27. The largest absolute Gasteiger partial charge is 0.457 e. The van der Waals surface area contributed by atoms with Crippen LogP contribution in [0.15, 0.2) is 22.7 Å². The van der Waals surface area contributed by atoms with Gasteiger partial charge in [0.05, 0.1) is 0 Å². The highest BCUT2D eigenvalue weighted by Gasteiger charge is 2.52. The average Bonchev–Trinajstić information content (AvgIpc) is 2.51. The number of ether oxygens (including phenoxy) is 1. The lowest BCUT2D eigenvalue weighted by atomic mass is 9.99. The molecule has 1 N–H and O–H groups in total. The van der Waals surface area contributed by atoms with Crippen LogP contribution < -0.4 is 0 Å². The number of aliphatic hydroxyl groups is 1. The van der Waals surface area contributed by atoms with Gasteiger partial charge in [-0.2, -0.15) is 0 Å². The van der Waals surface area contributed by atoms with Crippen molar-refractivity contribution < 1.29 is 19.4 Å². The predicted octanol–water partition coefficient (Wildman–Crippen LogP) is 2.26. The molecule has 0 spiro atoms. The Morgan fingerprint density at radius 1 is 1.42 bits per heavy atom. The van der Waals surface area contributed by atoms with Gasteiger partial charge in [0, 0.05) is 16.5 Å². The summed E-state index contributed by atoms with van der Waals surface area (Å²) in [5, 5.41) is 10.4. The number of fused-ring (bicyclic) bond motifs is 1. The first-order valence-electron chi connectivity index (χ1n) is 5.92. The Bertz CT molecular complexity index is 559. The molecule has 5 heteroatoms. The fourth-order valence-corrected chi connectivity index (χ4v) is 2.38.